The molecule has 1 aromatic rings. The molecule has 1 aromatic carbocycles. The molecule has 1 aliphatic heterocycles. The number of hydrogen-bond acceptors (Lipinski definition) is 7. The third-order valence-electron chi connectivity index (χ3n) is 4.68. The molecule has 0 aliphatic carbocycles. The van der Waals surface area contributed by atoms with Gasteiger partial charge in [-0.15, -0.1) is 4.91 Å². The van der Waals surface area contributed by atoms with Crippen LogP contribution in [0.4, 0.5) is 9.18 Å². The van der Waals surface area contributed by atoms with Crippen LogP contribution >= 0.6 is 23.2 Å². The van der Waals surface area contributed by atoms with E-state index in [-0.39, 0.29) is 29.6 Å². The van der Waals surface area contributed by atoms with Crippen molar-refractivity contribution in [2.24, 2.45) is 10.2 Å². The van der Waals surface area contributed by atoms with Gasteiger partial charge < -0.3 is 9.64 Å². The number of nitrogens with zero attached hydrogens (tertiary/aromatic N) is 4. The zero-order chi connectivity index (χ0) is 24.9. The summed E-state index contributed by atoms with van der Waals surface area (Å²) in [7, 11) is 1.40. The number of carbonyl (C=O) groups is 1. The van der Waals surface area contributed by atoms with Crippen LogP contribution in [0.5, 0.6) is 0 Å². The molecule has 1 aliphatic rings. The number of ether oxygens (including phenoxy) is 1. The number of nitroso groups, excluding NO2 is 1. The molecule has 0 bridgehead atoms. The molecular formula is C21H27Cl2FN6O3. The summed E-state index contributed by atoms with van der Waals surface area (Å²) in [4.78, 5) is 30.8. The van der Waals surface area contributed by atoms with Gasteiger partial charge in [0, 0.05) is 37.3 Å². The smallest absolute Gasteiger partial charge is 0.416 e. The molecule has 9 nitrogen and oxygen atoms in total. The summed E-state index contributed by atoms with van der Waals surface area (Å²) < 4.78 is 19.5. The van der Waals surface area contributed by atoms with Crippen LogP contribution in [0.15, 0.2) is 46.1 Å². The van der Waals surface area contributed by atoms with Gasteiger partial charge in [0.15, 0.2) is 0 Å². The topological polar surface area (TPSA) is 98.6 Å². The second-order valence-corrected chi connectivity index (χ2v) is 8.96. The molecule has 1 heterocycles. The maximum Gasteiger partial charge on any atom is 0.416 e. The molecule has 1 amide bonds. The van der Waals surface area contributed by atoms with E-state index in [1.165, 1.54) is 24.1 Å². The van der Waals surface area contributed by atoms with Crippen molar-refractivity contribution < 1.29 is 13.9 Å². The monoisotopic (exact) mass is 500 g/mol. The lowest BCUT2D eigenvalue weighted by Gasteiger charge is -2.39. The first-order valence-electron chi connectivity index (χ1n) is 9.99. The molecule has 180 valence electrons. The summed E-state index contributed by atoms with van der Waals surface area (Å²) in [6.07, 6.45) is -0.573. The molecular weight excluding hydrogens is 474 g/mol. The number of amides is 1. The van der Waals surface area contributed by atoms with Crippen LogP contribution in [-0.4, -0.2) is 47.5 Å². The van der Waals surface area contributed by atoms with E-state index in [1.54, 1.807) is 27.7 Å². The maximum atomic E-state index is 14.0. The number of aliphatic imine (C=N–C) groups is 1. The van der Waals surface area contributed by atoms with Crippen molar-refractivity contribution in [3.63, 3.8) is 0 Å². The lowest BCUT2D eigenvalue weighted by Crippen LogP contribution is -2.51. The number of hydrazine groups is 1. The molecule has 0 fully saturated rings. The van der Waals surface area contributed by atoms with E-state index in [4.69, 9.17) is 27.9 Å². The van der Waals surface area contributed by atoms with E-state index in [9.17, 15) is 14.1 Å². The number of nitrogens with one attached hydrogen (secondary N) is 2. The highest BCUT2D eigenvalue weighted by Gasteiger charge is 2.32. The van der Waals surface area contributed by atoms with Gasteiger partial charge in [0.05, 0.1) is 16.4 Å². The lowest BCUT2D eigenvalue weighted by atomic mass is 10.1. The fourth-order valence-electron chi connectivity index (χ4n) is 3.03. The van der Waals surface area contributed by atoms with Crippen LogP contribution in [0.1, 0.15) is 33.3 Å². The number of amidine groups is 1. The highest BCUT2D eigenvalue weighted by Crippen LogP contribution is 2.31. The summed E-state index contributed by atoms with van der Waals surface area (Å²) in [5.41, 5.74) is 6.04. The molecule has 0 spiro atoms. The molecule has 2 N–H and O–H groups in total. The van der Waals surface area contributed by atoms with E-state index >= 15 is 0 Å². The third kappa shape index (κ3) is 6.58. The van der Waals surface area contributed by atoms with Crippen LogP contribution in [0, 0.1) is 10.7 Å². The summed E-state index contributed by atoms with van der Waals surface area (Å²) in [5, 5.41) is 3.05. The molecule has 0 radical (unpaired) electrons. The normalized spacial score (nSPS) is 14.8. The zero-order valence-corrected chi connectivity index (χ0v) is 20.6. The fraction of sp³-hybridized carbons (Fsp3) is 0.429. The van der Waals surface area contributed by atoms with E-state index < -0.39 is 17.5 Å². The number of allylic oxidation sites excluding steroid dienone is 1. The third-order valence-corrected chi connectivity index (χ3v) is 5.45. The van der Waals surface area contributed by atoms with Gasteiger partial charge in [-0.3, -0.25) is 20.7 Å². The average molecular weight is 501 g/mol. The predicted octanol–water partition coefficient (Wildman–Crippen LogP) is 4.78. The Labute approximate surface area is 202 Å². The van der Waals surface area contributed by atoms with Gasteiger partial charge >= 0.3 is 6.09 Å². The van der Waals surface area contributed by atoms with Crippen LogP contribution in [0.25, 0.3) is 0 Å². The molecule has 12 heteroatoms. The van der Waals surface area contributed by atoms with Crippen molar-refractivity contribution in [2.45, 2.75) is 39.8 Å². The Kier molecular flexibility index (Phi) is 8.68. The van der Waals surface area contributed by atoms with Crippen LogP contribution in [0.2, 0.25) is 10.0 Å². The number of rotatable bonds is 6. The Morgan fingerprint density at radius 3 is 2.55 bits per heavy atom. The minimum atomic E-state index is -0.712. The number of halogens is 3. The minimum absolute atomic E-state index is 0.0632. The Morgan fingerprint density at radius 2 is 1.97 bits per heavy atom. The van der Waals surface area contributed by atoms with Crippen molar-refractivity contribution in [1.29, 1.82) is 0 Å². The van der Waals surface area contributed by atoms with Crippen LogP contribution in [-0.2, 0) is 11.3 Å². The van der Waals surface area contributed by atoms with E-state index in [1.807, 2.05) is 4.90 Å². The molecule has 0 aromatic heterocycles. The first kappa shape index (κ1) is 26.4. The summed E-state index contributed by atoms with van der Waals surface area (Å²) >= 11 is 12.4. The quantitative estimate of drug-likeness (QED) is 0.192. The summed E-state index contributed by atoms with van der Waals surface area (Å²) in [6, 6.07) is 2.64. The highest BCUT2D eigenvalue weighted by molar-refractivity contribution is 6.36. The highest BCUT2D eigenvalue weighted by atomic mass is 35.5. The van der Waals surface area contributed by atoms with E-state index in [0.717, 1.165) is 0 Å². The number of carbonyl (C=O) groups excluding carboxylic acids is 1. The molecule has 2 rings (SSSR count). The SMILES string of the molecule is C=C(NNC1=C(C)N(Cc2c(Cl)ccc(F)c2Cl)CCN1C(=O)OC(C)(C)C)C(N=O)=NC. The van der Waals surface area contributed by atoms with Gasteiger partial charge in [-0.25, -0.2) is 9.18 Å². The number of hydrogen-bond donors (Lipinski definition) is 2. The fourth-order valence-corrected chi connectivity index (χ4v) is 3.52. The van der Waals surface area contributed by atoms with Crippen molar-refractivity contribution in [1.82, 2.24) is 20.7 Å². The molecule has 33 heavy (non-hydrogen) atoms. The van der Waals surface area contributed by atoms with Crippen LogP contribution < -0.4 is 10.9 Å². The Bertz CT molecular complexity index is 1010. The lowest BCUT2D eigenvalue weighted by molar-refractivity contribution is 0.0249. The standard InChI is InChI=1S/C21H27Cl2FN6O3/c1-12(18(25-6)28-32)26-27-19-13(2)29(9-10-30(19)20(31)33-21(3,4)5)11-14-15(22)7-8-16(24)17(14)23/h7-8,26-27H,1,9-11H2,2-6H3. The van der Waals surface area contributed by atoms with Crippen molar-refractivity contribution in [2.75, 3.05) is 20.1 Å². The van der Waals surface area contributed by atoms with E-state index in [2.05, 4.69) is 27.6 Å². The van der Waals surface area contributed by atoms with E-state index in [0.29, 0.717) is 28.6 Å². The summed E-state index contributed by atoms with van der Waals surface area (Å²) in [5.74, 6) is -0.383. The second-order valence-electron chi connectivity index (χ2n) is 8.18. The molecule has 0 saturated heterocycles. The van der Waals surface area contributed by atoms with Gasteiger partial charge in [-0.1, -0.05) is 29.8 Å². The maximum absolute atomic E-state index is 14.0. The zero-order valence-electron chi connectivity index (χ0n) is 19.1. The Morgan fingerprint density at radius 1 is 1.30 bits per heavy atom. The van der Waals surface area contributed by atoms with Gasteiger partial charge in [0.2, 0.25) is 5.84 Å². The van der Waals surface area contributed by atoms with Gasteiger partial charge in [0.25, 0.3) is 0 Å². The van der Waals surface area contributed by atoms with Gasteiger partial charge in [-0.05, 0) is 45.0 Å². The number of benzene rings is 1. The largest absolute Gasteiger partial charge is 0.443 e. The van der Waals surface area contributed by atoms with Gasteiger partial charge in [0.1, 0.15) is 17.2 Å². The second kappa shape index (κ2) is 10.8. The van der Waals surface area contributed by atoms with Crippen LogP contribution in [0.3, 0.4) is 0 Å². The predicted molar refractivity (Wildman–Crippen MR) is 127 cm³/mol. The minimum Gasteiger partial charge on any atom is -0.443 e. The molecule has 0 atom stereocenters. The average Bonchev–Trinajstić information content (AvgIpc) is 2.73. The summed E-state index contributed by atoms with van der Waals surface area (Å²) in [6.45, 7) is 11.6. The Hall–Kier alpha value is -2.85. The molecule has 0 unspecified atom stereocenters. The first-order chi connectivity index (χ1) is 15.4. The van der Waals surface area contributed by atoms with Crippen molar-refractivity contribution >= 4 is 35.1 Å². The van der Waals surface area contributed by atoms with Gasteiger partial charge in [-0.2, -0.15) is 0 Å². The van der Waals surface area contributed by atoms with Crippen molar-refractivity contribution in [3.8, 4) is 0 Å². The van der Waals surface area contributed by atoms with Crippen molar-refractivity contribution in [3.05, 3.63) is 62.3 Å². The molecule has 0 saturated carbocycles. The first-order valence-corrected chi connectivity index (χ1v) is 10.7. The Balaban J connectivity index is 2.39.